The van der Waals surface area contributed by atoms with Crippen molar-refractivity contribution >= 4 is 41.0 Å². The van der Waals surface area contributed by atoms with Gasteiger partial charge in [0.2, 0.25) is 5.96 Å². The number of aliphatic imine (C=N–C) groups is 2. The van der Waals surface area contributed by atoms with Gasteiger partial charge in [0.15, 0.2) is 17.0 Å². The zero-order valence-corrected chi connectivity index (χ0v) is 36.4. The molecule has 4 spiro atoms. The van der Waals surface area contributed by atoms with Gasteiger partial charge in [0.25, 0.3) is 11.8 Å². The van der Waals surface area contributed by atoms with Gasteiger partial charge in [-0.25, -0.2) is 14.8 Å². The first-order valence-electron chi connectivity index (χ1n) is 20.9. The molecule has 2 fully saturated rings. The van der Waals surface area contributed by atoms with Gasteiger partial charge in [-0.3, -0.25) is 24.7 Å². The smallest absolute Gasteiger partial charge is 0.414 e. The average molecular weight is 807 g/mol. The Morgan fingerprint density at radius 3 is 1.56 bits per heavy atom. The van der Waals surface area contributed by atoms with Crippen LogP contribution in [0, 0.1) is 10.8 Å². The summed E-state index contributed by atoms with van der Waals surface area (Å²) in [6, 6.07) is 12.6. The summed E-state index contributed by atoms with van der Waals surface area (Å²) in [5.74, 6) is 0.443. The molecule has 2 aromatic carbocycles. The zero-order valence-electron chi connectivity index (χ0n) is 36.4. The van der Waals surface area contributed by atoms with E-state index in [0.29, 0.717) is 5.96 Å². The van der Waals surface area contributed by atoms with Gasteiger partial charge in [-0.05, 0) is 144 Å². The zero-order chi connectivity index (χ0) is 42.9. The van der Waals surface area contributed by atoms with E-state index in [1.54, 1.807) is 49.1 Å². The van der Waals surface area contributed by atoms with Gasteiger partial charge < -0.3 is 19.9 Å². The molecule has 12 nitrogen and oxygen atoms in total. The highest BCUT2D eigenvalue weighted by Crippen LogP contribution is 2.63. The number of nitrogens with zero attached hydrogens (tertiary/aromatic N) is 4. The number of benzene rings is 2. The fraction of sp³-hybridized carbons (Fsp3) is 0.553. The van der Waals surface area contributed by atoms with E-state index in [9.17, 15) is 14.4 Å². The molecule has 2 aliphatic heterocycles. The quantitative estimate of drug-likeness (QED) is 0.331. The molecule has 0 aromatic heterocycles. The predicted octanol–water partition coefficient (Wildman–Crippen LogP) is 7.23. The molecule has 59 heavy (non-hydrogen) atoms. The Morgan fingerprint density at radius 1 is 0.763 bits per heavy atom. The van der Waals surface area contributed by atoms with Gasteiger partial charge in [-0.15, -0.1) is 0 Å². The molecular formula is C47H62N6O6. The number of carbonyl (C=O) groups is 3. The number of allylic oxidation sites excluding steroid dienone is 2. The number of ether oxygens (including phenoxy) is 3. The fourth-order valence-corrected chi connectivity index (χ4v) is 10.9. The van der Waals surface area contributed by atoms with Crippen molar-refractivity contribution in [2.45, 2.75) is 128 Å². The van der Waals surface area contributed by atoms with Crippen LogP contribution >= 0.6 is 0 Å². The molecule has 2 saturated carbocycles. The number of methoxy groups -OCH3 is 2. The second-order valence-electron chi connectivity index (χ2n) is 18.8. The summed E-state index contributed by atoms with van der Waals surface area (Å²) < 4.78 is 16.6. The van der Waals surface area contributed by atoms with E-state index < -0.39 is 22.8 Å². The molecule has 316 valence electrons. The van der Waals surface area contributed by atoms with Gasteiger partial charge in [-0.1, -0.05) is 48.6 Å². The third-order valence-electron chi connectivity index (χ3n) is 14.1. The second-order valence-corrected chi connectivity index (χ2v) is 18.8. The maximum Gasteiger partial charge on any atom is 0.414 e. The first-order valence-corrected chi connectivity index (χ1v) is 20.9. The first-order chi connectivity index (χ1) is 27.8. The van der Waals surface area contributed by atoms with Crippen molar-refractivity contribution in [2.75, 3.05) is 28.3 Å². The highest BCUT2D eigenvalue weighted by Gasteiger charge is 2.68. The third kappa shape index (κ3) is 6.70. The number of hydrogen-bond donors (Lipinski definition) is 2. The summed E-state index contributed by atoms with van der Waals surface area (Å²) in [5.41, 5.74) is 11.2. The molecule has 6 aliphatic rings. The van der Waals surface area contributed by atoms with Crippen LogP contribution in [-0.2, 0) is 47.7 Å². The van der Waals surface area contributed by atoms with Crippen LogP contribution in [-0.4, -0.2) is 85.8 Å². The van der Waals surface area contributed by atoms with E-state index >= 15 is 0 Å². The van der Waals surface area contributed by atoms with E-state index in [1.165, 1.54) is 15.4 Å². The highest BCUT2D eigenvalue weighted by molar-refractivity contribution is 6.12. The van der Waals surface area contributed by atoms with E-state index in [0.717, 1.165) is 103 Å². The number of carbonyl (C=O) groups excluding carboxylic acids is 3. The van der Waals surface area contributed by atoms with E-state index in [-0.39, 0.29) is 40.8 Å². The molecule has 2 aromatic rings. The number of guanidine groups is 2. The second kappa shape index (κ2) is 15.0. The molecule has 2 atom stereocenters. The van der Waals surface area contributed by atoms with Crippen LogP contribution in [0.1, 0.15) is 119 Å². The summed E-state index contributed by atoms with van der Waals surface area (Å²) >= 11 is 0. The summed E-state index contributed by atoms with van der Waals surface area (Å²) in [5, 5.41) is 2.73. The van der Waals surface area contributed by atoms with Crippen molar-refractivity contribution in [2.24, 2.45) is 26.5 Å². The number of alkyl carbamates (subject to hydrolysis) is 1. The maximum absolute atomic E-state index is 14.0. The molecule has 0 radical (unpaired) electrons. The first kappa shape index (κ1) is 42.3. The Balaban J connectivity index is 0.000000184. The minimum Gasteiger partial charge on any atom is -0.444 e. The Hall–Kier alpha value is -4.81. The van der Waals surface area contributed by atoms with Gasteiger partial charge in [0.1, 0.15) is 5.60 Å². The Bertz CT molecular complexity index is 2150. The van der Waals surface area contributed by atoms with E-state index in [2.05, 4.69) is 54.9 Å². The van der Waals surface area contributed by atoms with Crippen LogP contribution in [0.3, 0.4) is 0 Å². The lowest BCUT2D eigenvalue weighted by molar-refractivity contribution is -0.138. The summed E-state index contributed by atoms with van der Waals surface area (Å²) in [6.07, 6.45) is 8.62. The van der Waals surface area contributed by atoms with Crippen molar-refractivity contribution in [1.29, 1.82) is 0 Å². The summed E-state index contributed by atoms with van der Waals surface area (Å²) in [7, 11) is 6.91. The van der Waals surface area contributed by atoms with Crippen LogP contribution < -0.4 is 11.1 Å². The normalized spacial score (nSPS) is 30.7. The van der Waals surface area contributed by atoms with Crippen molar-refractivity contribution in [3.8, 4) is 0 Å². The Kier molecular flexibility index (Phi) is 10.8. The number of fused-ring (bicyclic) bond motifs is 6. The standard InChI is InChI=1S/C26H35N3O4.C21H27N3O2/c1-16(2)17-8-9-18-15-25(12-10-19(32-7)11-13-25)26(20(18)14-17)21(30)29(6)22(28-26)27-23(31)33-24(3,4)5;1-13(2)14-5-6-15-12-20(9-7-16(26-4)8-10-20)21(17(15)11-14)18(25)24(3)19(22)23-21/h8-9,14,19H,1,10-13,15H2,2-7H3,(H,27,28,31);5-6,11,16H,1,7-10,12H2,2-4H3,(H2,22,23). The van der Waals surface area contributed by atoms with Gasteiger partial charge >= 0.3 is 6.09 Å². The Labute approximate surface area is 349 Å². The third-order valence-corrected chi connectivity index (χ3v) is 14.1. The van der Waals surface area contributed by atoms with Crippen LogP contribution in [0.2, 0.25) is 0 Å². The summed E-state index contributed by atoms with van der Waals surface area (Å²) in [6.45, 7) is 17.5. The molecule has 3 amide bonds. The van der Waals surface area contributed by atoms with Gasteiger partial charge in [-0.2, -0.15) is 0 Å². The molecular weight excluding hydrogens is 745 g/mol. The van der Waals surface area contributed by atoms with Crippen molar-refractivity contribution < 1.29 is 28.6 Å². The SMILES string of the molecule is C=C(C)c1ccc2c(c1)C1(N=C(N)N(C)C1=O)C1(CCC(OC)CC1)C2.C=C(C)c1ccc2c(c1)C1(N=C(NC(=O)OC(C)(C)C)N(C)C1=O)C1(CCC(OC)CC1)C2. The number of likely N-dealkylation sites (N-methyl/N-ethyl adjacent to an activating group) is 2. The van der Waals surface area contributed by atoms with Crippen LogP contribution in [0.4, 0.5) is 4.79 Å². The lowest BCUT2D eigenvalue weighted by Gasteiger charge is -2.45. The lowest BCUT2D eigenvalue weighted by Crippen LogP contribution is -2.51. The largest absolute Gasteiger partial charge is 0.444 e. The molecule has 0 saturated heterocycles. The monoisotopic (exact) mass is 806 g/mol. The van der Waals surface area contributed by atoms with Crippen LogP contribution in [0.5, 0.6) is 0 Å². The van der Waals surface area contributed by atoms with Crippen molar-refractivity contribution in [3.63, 3.8) is 0 Å². The minimum atomic E-state index is -1.08. The lowest BCUT2D eigenvalue weighted by atomic mass is 9.61. The Morgan fingerprint density at radius 2 is 1.19 bits per heavy atom. The minimum absolute atomic E-state index is 0.00322. The number of rotatable bonds is 4. The molecule has 2 heterocycles. The van der Waals surface area contributed by atoms with Crippen LogP contribution in [0.25, 0.3) is 11.1 Å². The topological polar surface area (TPSA) is 148 Å². The number of hydrogen-bond acceptors (Lipinski definition) is 9. The molecule has 2 unspecified atom stereocenters. The highest BCUT2D eigenvalue weighted by atomic mass is 16.6. The number of nitrogens with two attached hydrogens (primary N) is 1. The van der Waals surface area contributed by atoms with Crippen molar-refractivity contribution in [3.05, 3.63) is 82.9 Å². The maximum atomic E-state index is 14.0. The molecule has 3 N–H and O–H groups in total. The van der Waals surface area contributed by atoms with E-state index in [4.69, 9.17) is 29.9 Å². The molecule has 8 rings (SSSR count). The molecule has 12 heteroatoms. The van der Waals surface area contributed by atoms with Crippen molar-refractivity contribution in [1.82, 2.24) is 15.1 Å². The number of nitrogens with one attached hydrogen (secondary N) is 1. The summed E-state index contributed by atoms with van der Waals surface area (Å²) in [4.78, 5) is 52.9. The fourth-order valence-electron chi connectivity index (χ4n) is 10.9. The molecule has 0 bridgehead atoms. The average Bonchev–Trinajstić information content (AvgIpc) is 3.79. The van der Waals surface area contributed by atoms with E-state index in [1.807, 2.05) is 13.8 Å². The molecule has 4 aliphatic carbocycles. The van der Waals surface area contributed by atoms with Gasteiger partial charge in [0.05, 0.1) is 12.2 Å². The van der Waals surface area contributed by atoms with Gasteiger partial charge in [0, 0.05) is 39.1 Å². The number of amides is 3. The predicted molar refractivity (Wildman–Crippen MR) is 230 cm³/mol. The van der Waals surface area contributed by atoms with Crippen LogP contribution in [0.15, 0.2) is 59.5 Å².